The molecule has 2 aromatic carbocycles. The van der Waals surface area contributed by atoms with E-state index >= 15 is 0 Å². The van der Waals surface area contributed by atoms with E-state index in [-0.39, 0.29) is 11.5 Å². The van der Waals surface area contributed by atoms with Crippen LogP contribution in [0.15, 0.2) is 60.8 Å². The Morgan fingerprint density at radius 2 is 1.85 bits per heavy atom. The Bertz CT molecular complexity index is 959. The van der Waals surface area contributed by atoms with E-state index in [9.17, 15) is 9.90 Å². The Morgan fingerprint density at radius 3 is 2.65 bits per heavy atom. The highest BCUT2D eigenvalue weighted by Gasteiger charge is 2.32. The summed E-state index contributed by atoms with van der Waals surface area (Å²) in [5, 5.41) is 13.2. The molecule has 0 unspecified atom stereocenters. The van der Waals surface area contributed by atoms with Crippen molar-refractivity contribution in [2.75, 3.05) is 5.73 Å². The average Bonchev–Trinajstić information content (AvgIpc) is 2.98. The SMILES string of the molecule is Nc1ncc(-c2ccccc2)nc1C(=O)N[C@@H]1c2ccccc2C[C@@H]1O. The normalized spacial score (nSPS) is 18.3. The fourth-order valence-electron chi connectivity index (χ4n) is 3.27. The molecular formula is C20H18N4O2. The molecule has 6 heteroatoms. The molecule has 6 nitrogen and oxygen atoms in total. The van der Waals surface area contributed by atoms with E-state index < -0.39 is 18.1 Å². The lowest BCUT2D eigenvalue weighted by Gasteiger charge is -2.18. The van der Waals surface area contributed by atoms with Crippen molar-refractivity contribution in [2.45, 2.75) is 18.6 Å². The molecule has 26 heavy (non-hydrogen) atoms. The molecule has 130 valence electrons. The quantitative estimate of drug-likeness (QED) is 0.674. The van der Waals surface area contributed by atoms with Gasteiger partial charge >= 0.3 is 0 Å². The maximum absolute atomic E-state index is 12.8. The fraction of sp³-hybridized carbons (Fsp3) is 0.150. The second-order valence-corrected chi connectivity index (χ2v) is 6.28. The number of amides is 1. The number of aliphatic hydroxyl groups is 1. The Morgan fingerprint density at radius 1 is 1.12 bits per heavy atom. The number of aliphatic hydroxyl groups excluding tert-OH is 1. The van der Waals surface area contributed by atoms with Gasteiger partial charge in [0.2, 0.25) is 0 Å². The molecule has 1 amide bonds. The summed E-state index contributed by atoms with van der Waals surface area (Å²) in [5.41, 5.74) is 9.29. The van der Waals surface area contributed by atoms with E-state index in [2.05, 4.69) is 15.3 Å². The summed E-state index contributed by atoms with van der Waals surface area (Å²) in [5.74, 6) is -0.392. The van der Waals surface area contributed by atoms with Crippen LogP contribution in [-0.4, -0.2) is 27.1 Å². The smallest absolute Gasteiger partial charge is 0.274 e. The first kappa shape index (κ1) is 16.2. The number of hydrogen-bond acceptors (Lipinski definition) is 5. The van der Waals surface area contributed by atoms with E-state index in [0.717, 1.165) is 16.7 Å². The van der Waals surface area contributed by atoms with E-state index in [1.807, 2.05) is 54.6 Å². The van der Waals surface area contributed by atoms with Crippen molar-refractivity contribution in [1.29, 1.82) is 0 Å². The highest BCUT2D eigenvalue weighted by molar-refractivity contribution is 5.97. The van der Waals surface area contributed by atoms with Crippen LogP contribution in [0.2, 0.25) is 0 Å². The Balaban J connectivity index is 1.63. The van der Waals surface area contributed by atoms with Gasteiger partial charge in [0.25, 0.3) is 5.91 Å². The number of carbonyl (C=O) groups is 1. The number of hydrogen-bond donors (Lipinski definition) is 3. The number of nitrogens with zero attached hydrogens (tertiary/aromatic N) is 2. The van der Waals surface area contributed by atoms with Crippen LogP contribution in [0, 0.1) is 0 Å². The van der Waals surface area contributed by atoms with Crippen molar-refractivity contribution in [3.8, 4) is 11.3 Å². The lowest BCUT2D eigenvalue weighted by Crippen LogP contribution is -2.35. The van der Waals surface area contributed by atoms with Crippen molar-refractivity contribution in [3.05, 3.63) is 77.6 Å². The van der Waals surface area contributed by atoms with Crippen LogP contribution in [0.1, 0.15) is 27.7 Å². The van der Waals surface area contributed by atoms with Gasteiger partial charge in [0.1, 0.15) is 0 Å². The van der Waals surface area contributed by atoms with Crippen LogP contribution in [0.4, 0.5) is 5.82 Å². The van der Waals surface area contributed by atoms with Gasteiger partial charge in [0.15, 0.2) is 11.5 Å². The number of fused-ring (bicyclic) bond motifs is 1. The molecule has 0 saturated carbocycles. The average molecular weight is 346 g/mol. The van der Waals surface area contributed by atoms with Gasteiger partial charge in [-0.1, -0.05) is 54.6 Å². The van der Waals surface area contributed by atoms with Crippen LogP contribution >= 0.6 is 0 Å². The first-order chi connectivity index (χ1) is 12.6. The molecule has 4 rings (SSSR count). The van der Waals surface area contributed by atoms with Crippen LogP contribution in [-0.2, 0) is 6.42 Å². The van der Waals surface area contributed by atoms with Crippen LogP contribution in [0.5, 0.6) is 0 Å². The molecular weight excluding hydrogens is 328 g/mol. The molecule has 0 fully saturated rings. The number of nitrogens with one attached hydrogen (secondary N) is 1. The summed E-state index contributed by atoms with van der Waals surface area (Å²) in [6.07, 6.45) is 1.37. The molecule has 0 bridgehead atoms. The third-order valence-corrected chi connectivity index (χ3v) is 4.58. The number of anilines is 1. The molecule has 1 aliphatic carbocycles. The lowest BCUT2D eigenvalue weighted by atomic mass is 10.1. The van der Waals surface area contributed by atoms with E-state index in [4.69, 9.17) is 5.73 Å². The third-order valence-electron chi connectivity index (χ3n) is 4.58. The molecule has 0 aliphatic heterocycles. The topological polar surface area (TPSA) is 101 Å². The Kier molecular flexibility index (Phi) is 4.10. The van der Waals surface area contributed by atoms with Gasteiger partial charge in [0, 0.05) is 12.0 Å². The number of nitrogens with two attached hydrogens (primary N) is 1. The molecule has 1 aliphatic rings. The van der Waals surface area contributed by atoms with Crippen molar-refractivity contribution < 1.29 is 9.90 Å². The van der Waals surface area contributed by atoms with Crippen LogP contribution in [0.25, 0.3) is 11.3 Å². The van der Waals surface area contributed by atoms with Gasteiger partial charge in [-0.3, -0.25) is 4.79 Å². The molecule has 0 saturated heterocycles. The zero-order chi connectivity index (χ0) is 18.1. The molecule has 1 heterocycles. The first-order valence-corrected chi connectivity index (χ1v) is 8.38. The molecule has 2 atom stereocenters. The predicted molar refractivity (Wildman–Crippen MR) is 98.2 cm³/mol. The molecule has 0 radical (unpaired) electrons. The van der Waals surface area contributed by atoms with Crippen molar-refractivity contribution in [2.24, 2.45) is 0 Å². The summed E-state index contributed by atoms with van der Waals surface area (Å²) >= 11 is 0. The molecule has 3 aromatic rings. The van der Waals surface area contributed by atoms with Gasteiger partial charge < -0.3 is 16.2 Å². The largest absolute Gasteiger partial charge is 0.390 e. The minimum absolute atomic E-state index is 0.0583. The summed E-state index contributed by atoms with van der Waals surface area (Å²) in [4.78, 5) is 21.2. The standard InChI is InChI=1S/C20H18N4O2/c21-19-18(23-15(11-22-19)12-6-2-1-3-7-12)20(26)24-17-14-9-5-4-8-13(14)10-16(17)25/h1-9,11,16-17,25H,10H2,(H2,21,22)(H,24,26)/t16-,17+/m0/s1. The summed E-state index contributed by atoms with van der Waals surface area (Å²) in [6, 6.07) is 16.6. The molecule has 1 aromatic heterocycles. The maximum atomic E-state index is 12.8. The second kappa shape index (κ2) is 6.57. The Hall–Kier alpha value is -3.25. The Labute approximate surface area is 150 Å². The zero-order valence-corrected chi connectivity index (χ0v) is 14.0. The third kappa shape index (κ3) is 2.91. The lowest BCUT2D eigenvalue weighted by molar-refractivity contribution is 0.0854. The minimum Gasteiger partial charge on any atom is -0.390 e. The number of nitrogen functional groups attached to an aromatic ring is 1. The van der Waals surface area contributed by atoms with Gasteiger partial charge in [0.05, 0.1) is 24.0 Å². The van der Waals surface area contributed by atoms with Crippen molar-refractivity contribution >= 4 is 11.7 Å². The number of rotatable bonds is 3. The van der Waals surface area contributed by atoms with Gasteiger partial charge in [-0.2, -0.15) is 0 Å². The minimum atomic E-state index is -0.678. The number of carbonyl (C=O) groups excluding carboxylic acids is 1. The first-order valence-electron chi connectivity index (χ1n) is 8.38. The molecule has 4 N–H and O–H groups in total. The summed E-state index contributed by atoms with van der Waals surface area (Å²) < 4.78 is 0. The van der Waals surface area contributed by atoms with E-state index in [1.54, 1.807) is 6.20 Å². The van der Waals surface area contributed by atoms with Gasteiger partial charge in [-0.25, -0.2) is 9.97 Å². The van der Waals surface area contributed by atoms with Crippen molar-refractivity contribution in [3.63, 3.8) is 0 Å². The fourth-order valence-corrected chi connectivity index (χ4v) is 3.27. The molecule has 0 spiro atoms. The highest BCUT2D eigenvalue weighted by atomic mass is 16.3. The van der Waals surface area contributed by atoms with Crippen LogP contribution in [0.3, 0.4) is 0 Å². The summed E-state index contributed by atoms with van der Waals surface area (Å²) in [6.45, 7) is 0. The van der Waals surface area contributed by atoms with Crippen LogP contribution < -0.4 is 11.1 Å². The number of aromatic nitrogens is 2. The van der Waals surface area contributed by atoms with Gasteiger partial charge in [-0.05, 0) is 11.1 Å². The zero-order valence-electron chi connectivity index (χ0n) is 14.0. The van der Waals surface area contributed by atoms with Crippen molar-refractivity contribution in [1.82, 2.24) is 15.3 Å². The maximum Gasteiger partial charge on any atom is 0.274 e. The van der Waals surface area contributed by atoms with E-state index in [1.165, 1.54) is 0 Å². The van der Waals surface area contributed by atoms with E-state index in [0.29, 0.717) is 12.1 Å². The highest BCUT2D eigenvalue weighted by Crippen LogP contribution is 2.31. The monoisotopic (exact) mass is 346 g/mol. The predicted octanol–water partition coefficient (Wildman–Crippen LogP) is 2.11. The second-order valence-electron chi connectivity index (χ2n) is 6.28. The summed E-state index contributed by atoms with van der Waals surface area (Å²) in [7, 11) is 0. The van der Waals surface area contributed by atoms with Gasteiger partial charge in [-0.15, -0.1) is 0 Å². The number of benzene rings is 2.